The lowest BCUT2D eigenvalue weighted by molar-refractivity contribution is -0.134. The smallest absolute Gasteiger partial charge is 0.233 e. The summed E-state index contributed by atoms with van der Waals surface area (Å²) in [5, 5.41) is 11.7. The summed E-state index contributed by atoms with van der Waals surface area (Å²) in [6, 6.07) is 0.130. The Labute approximate surface area is 107 Å². The summed E-state index contributed by atoms with van der Waals surface area (Å²) < 4.78 is 0. The minimum atomic E-state index is -0.561. The van der Waals surface area contributed by atoms with Crippen molar-refractivity contribution in [2.75, 3.05) is 19.1 Å². The van der Waals surface area contributed by atoms with E-state index in [0.717, 1.165) is 5.75 Å². The van der Waals surface area contributed by atoms with Crippen LogP contribution in [0.25, 0.3) is 0 Å². The molecule has 5 nitrogen and oxygen atoms in total. The Morgan fingerprint density at radius 3 is 2.35 bits per heavy atom. The Morgan fingerprint density at radius 1 is 1.47 bits per heavy atom. The molecule has 0 aliphatic rings. The molecule has 1 amide bonds. The first-order chi connectivity index (χ1) is 7.86. The Balaban J connectivity index is 4.85. The topological polar surface area (TPSA) is 78.9 Å². The average molecular weight is 261 g/mol. The highest BCUT2D eigenvalue weighted by Crippen LogP contribution is 2.16. The van der Waals surface area contributed by atoms with Gasteiger partial charge in [-0.1, -0.05) is 19.0 Å². The van der Waals surface area contributed by atoms with E-state index in [1.54, 1.807) is 23.7 Å². The number of rotatable bonds is 6. The van der Waals surface area contributed by atoms with Crippen molar-refractivity contribution >= 4 is 23.5 Å². The van der Waals surface area contributed by atoms with Crippen molar-refractivity contribution < 1.29 is 10.0 Å². The predicted octanol–water partition coefficient (Wildman–Crippen LogP) is 1.21. The summed E-state index contributed by atoms with van der Waals surface area (Å²) in [5.74, 6) is 0.185. The van der Waals surface area contributed by atoms with Gasteiger partial charge in [-0.2, -0.15) is 11.8 Å². The van der Waals surface area contributed by atoms with Gasteiger partial charge in [0.05, 0.1) is 0 Å². The third-order valence-electron chi connectivity index (χ3n) is 2.78. The van der Waals surface area contributed by atoms with Gasteiger partial charge in [-0.05, 0) is 19.1 Å². The Hall–Kier alpha value is -0.910. The quantitative estimate of drug-likeness (QED) is 0.326. The van der Waals surface area contributed by atoms with Crippen LogP contribution in [0.4, 0.5) is 0 Å². The van der Waals surface area contributed by atoms with E-state index in [4.69, 9.17) is 10.9 Å². The zero-order valence-corrected chi connectivity index (χ0v) is 12.0. The molecule has 2 atom stereocenters. The molecular formula is C11H23N3O2S. The van der Waals surface area contributed by atoms with Gasteiger partial charge in [-0.25, -0.2) is 0 Å². The van der Waals surface area contributed by atoms with Gasteiger partial charge < -0.3 is 15.8 Å². The first-order valence-electron chi connectivity index (χ1n) is 5.59. The zero-order valence-electron chi connectivity index (χ0n) is 11.2. The predicted molar refractivity (Wildman–Crippen MR) is 72.4 cm³/mol. The first kappa shape index (κ1) is 16.1. The fourth-order valence-electron chi connectivity index (χ4n) is 1.60. The molecule has 100 valence electrons. The first-order valence-corrected chi connectivity index (χ1v) is 6.99. The van der Waals surface area contributed by atoms with Crippen molar-refractivity contribution in [3.8, 4) is 0 Å². The number of amidine groups is 1. The molecule has 0 saturated carbocycles. The number of hydrogen-bond donors (Lipinski definition) is 2. The maximum atomic E-state index is 12.2. The van der Waals surface area contributed by atoms with E-state index >= 15 is 0 Å². The number of carbonyl (C=O) groups excluding carboxylic acids is 1. The van der Waals surface area contributed by atoms with Crippen molar-refractivity contribution in [3.05, 3.63) is 0 Å². The molecule has 0 radical (unpaired) electrons. The van der Waals surface area contributed by atoms with Gasteiger partial charge in [0, 0.05) is 18.8 Å². The van der Waals surface area contributed by atoms with Gasteiger partial charge in [0.15, 0.2) is 5.84 Å². The lowest BCUT2D eigenvalue weighted by Gasteiger charge is -2.29. The van der Waals surface area contributed by atoms with Crippen molar-refractivity contribution in [1.29, 1.82) is 0 Å². The molecule has 2 unspecified atom stereocenters. The second-order valence-electron chi connectivity index (χ2n) is 4.50. The Morgan fingerprint density at radius 2 is 2.00 bits per heavy atom. The summed E-state index contributed by atoms with van der Waals surface area (Å²) in [7, 11) is 1.75. The van der Waals surface area contributed by atoms with Gasteiger partial charge in [-0.3, -0.25) is 4.79 Å². The molecule has 0 saturated heterocycles. The SMILES string of the molecule is CSCC(C)N(C)C(=O)C(C(N)=NO)C(C)C. The number of carbonyl (C=O) groups is 1. The zero-order chi connectivity index (χ0) is 13.6. The summed E-state index contributed by atoms with van der Waals surface area (Å²) >= 11 is 1.68. The van der Waals surface area contributed by atoms with E-state index in [1.165, 1.54) is 0 Å². The minimum Gasteiger partial charge on any atom is -0.409 e. The highest BCUT2D eigenvalue weighted by molar-refractivity contribution is 7.98. The summed E-state index contributed by atoms with van der Waals surface area (Å²) in [5.41, 5.74) is 5.58. The fraction of sp³-hybridized carbons (Fsp3) is 0.818. The number of nitrogens with zero attached hydrogens (tertiary/aromatic N) is 2. The molecule has 0 fully saturated rings. The Bertz CT molecular complexity index is 282. The lowest BCUT2D eigenvalue weighted by atomic mass is 9.93. The minimum absolute atomic E-state index is 0.00216. The van der Waals surface area contributed by atoms with Crippen molar-refractivity contribution in [1.82, 2.24) is 4.90 Å². The van der Waals surface area contributed by atoms with E-state index in [9.17, 15) is 4.79 Å². The van der Waals surface area contributed by atoms with E-state index < -0.39 is 5.92 Å². The maximum absolute atomic E-state index is 12.2. The van der Waals surface area contributed by atoms with Crippen LogP contribution in [0.1, 0.15) is 20.8 Å². The molecule has 0 aromatic rings. The van der Waals surface area contributed by atoms with Gasteiger partial charge >= 0.3 is 0 Å². The second kappa shape index (κ2) is 7.42. The van der Waals surface area contributed by atoms with Crippen LogP contribution in [0.2, 0.25) is 0 Å². The monoisotopic (exact) mass is 261 g/mol. The molecule has 0 rings (SSSR count). The normalized spacial score (nSPS) is 15.8. The lowest BCUT2D eigenvalue weighted by Crippen LogP contribution is -2.46. The van der Waals surface area contributed by atoms with Gasteiger partial charge in [0.2, 0.25) is 5.91 Å². The average Bonchev–Trinajstić information content (AvgIpc) is 2.27. The standard InChI is InChI=1S/C11H23N3O2S/c1-7(2)9(10(12)13-16)11(15)14(4)8(3)6-17-5/h7-9,16H,6H2,1-5H3,(H2,12,13). The van der Waals surface area contributed by atoms with Crippen molar-refractivity contribution in [2.45, 2.75) is 26.8 Å². The molecule has 0 spiro atoms. The number of hydrogen-bond acceptors (Lipinski definition) is 4. The maximum Gasteiger partial charge on any atom is 0.233 e. The second-order valence-corrected chi connectivity index (χ2v) is 5.41. The van der Waals surface area contributed by atoms with E-state index in [2.05, 4.69) is 5.16 Å². The van der Waals surface area contributed by atoms with Gasteiger partial charge in [-0.15, -0.1) is 0 Å². The fourth-order valence-corrected chi connectivity index (χ4v) is 2.31. The highest BCUT2D eigenvalue weighted by atomic mass is 32.2. The molecule has 0 aromatic carbocycles. The van der Waals surface area contributed by atoms with Crippen LogP contribution < -0.4 is 5.73 Å². The third-order valence-corrected chi connectivity index (χ3v) is 3.60. The Kier molecular flexibility index (Phi) is 7.03. The van der Waals surface area contributed by atoms with Crippen molar-refractivity contribution in [2.24, 2.45) is 22.7 Å². The van der Waals surface area contributed by atoms with E-state index in [1.807, 2.05) is 27.0 Å². The van der Waals surface area contributed by atoms with Crippen LogP contribution in [0.5, 0.6) is 0 Å². The van der Waals surface area contributed by atoms with E-state index in [0.29, 0.717) is 0 Å². The molecular weight excluding hydrogens is 238 g/mol. The van der Waals surface area contributed by atoms with Gasteiger partial charge in [0.25, 0.3) is 0 Å². The summed E-state index contributed by atoms with van der Waals surface area (Å²) in [4.78, 5) is 13.9. The summed E-state index contributed by atoms with van der Waals surface area (Å²) in [6.45, 7) is 5.75. The summed E-state index contributed by atoms with van der Waals surface area (Å²) in [6.07, 6.45) is 2.00. The highest BCUT2D eigenvalue weighted by Gasteiger charge is 2.30. The number of amides is 1. The molecule has 0 aromatic heterocycles. The van der Waals surface area contributed by atoms with Gasteiger partial charge in [0.1, 0.15) is 5.92 Å². The van der Waals surface area contributed by atoms with E-state index in [-0.39, 0.29) is 23.7 Å². The van der Waals surface area contributed by atoms with Crippen LogP contribution in [-0.4, -0.2) is 46.9 Å². The molecule has 0 aliphatic heterocycles. The van der Waals surface area contributed by atoms with Crippen LogP contribution >= 0.6 is 11.8 Å². The molecule has 0 bridgehead atoms. The molecule has 6 heteroatoms. The molecule has 0 aliphatic carbocycles. The van der Waals surface area contributed by atoms with Crippen LogP contribution in [-0.2, 0) is 4.79 Å². The van der Waals surface area contributed by atoms with Crippen molar-refractivity contribution in [3.63, 3.8) is 0 Å². The largest absolute Gasteiger partial charge is 0.409 e. The van der Waals surface area contributed by atoms with Crippen LogP contribution in [0.15, 0.2) is 5.16 Å². The van der Waals surface area contributed by atoms with Crippen LogP contribution in [0.3, 0.4) is 0 Å². The number of thioether (sulfide) groups is 1. The molecule has 17 heavy (non-hydrogen) atoms. The number of nitrogens with two attached hydrogens (primary N) is 1. The molecule has 0 heterocycles. The third kappa shape index (κ3) is 4.46. The molecule has 3 N–H and O–H groups in total. The number of oxime groups is 1. The van der Waals surface area contributed by atoms with Crippen LogP contribution in [0, 0.1) is 11.8 Å².